The Morgan fingerprint density at radius 3 is 2.65 bits per heavy atom. The molecule has 0 aliphatic carbocycles. The first-order valence-corrected chi connectivity index (χ1v) is 8.17. The second kappa shape index (κ2) is 9.37. The molecule has 20 heavy (non-hydrogen) atoms. The van der Waals surface area contributed by atoms with Gasteiger partial charge in [0, 0.05) is 42.9 Å². The minimum Gasteiger partial charge on any atom is -0.396 e. The third-order valence-electron chi connectivity index (χ3n) is 3.31. The number of unbranched alkanes of at least 4 members (excludes halogenated alkanes) is 2. The molecular weight excluding hydrogens is 316 g/mol. The second-order valence-electron chi connectivity index (χ2n) is 5.51. The molecule has 0 aromatic heterocycles. The van der Waals surface area contributed by atoms with E-state index in [2.05, 4.69) is 65.2 Å². The summed E-state index contributed by atoms with van der Waals surface area (Å²) in [5.41, 5.74) is 2.60. The summed E-state index contributed by atoms with van der Waals surface area (Å²) >= 11 is 3.55. The summed E-state index contributed by atoms with van der Waals surface area (Å²) in [5, 5.41) is 12.3. The van der Waals surface area contributed by atoms with E-state index in [0.717, 1.165) is 36.8 Å². The number of hydrogen-bond acceptors (Lipinski definition) is 3. The summed E-state index contributed by atoms with van der Waals surface area (Å²) < 4.78 is 1.12. The summed E-state index contributed by atoms with van der Waals surface area (Å²) in [7, 11) is 2.14. The van der Waals surface area contributed by atoms with Gasteiger partial charge in [0.25, 0.3) is 0 Å². The molecule has 0 amide bonds. The molecule has 0 unspecified atom stereocenters. The number of aliphatic hydroxyl groups is 1. The summed E-state index contributed by atoms with van der Waals surface area (Å²) in [5.74, 6) is 0. The van der Waals surface area contributed by atoms with Gasteiger partial charge in [-0.3, -0.25) is 0 Å². The van der Waals surface area contributed by atoms with Gasteiger partial charge in [0.15, 0.2) is 0 Å². The van der Waals surface area contributed by atoms with Gasteiger partial charge in [-0.25, -0.2) is 0 Å². The summed E-state index contributed by atoms with van der Waals surface area (Å²) in [6.07, 6.45) is 3.09. The zero-order valence-electron chi connectivity index (χ0n) is 12.8. The molecule has 1 aromatic carbocycles. The number of rotatable bonds is 9. The molecule has 0 radical (unpaired) electrons. The third kappa shape index (κ3) is 6.25. The van der Waals surface area contributed by atoms with E-state index in [4.69, 9.17) is 5.11 Å². The van der Waals surface area contributed by atoms with Crippen LogP contribution in [-0.2, 0) is 6.54 Å². The first-order chi connectivity index (χ1) is 9.54. The lowest BCUT2D eigenvalue weighted by molar-refractivity contribution is 0.283. The highest BCUT2D eigenvalue weighted by molar-refractivity contribution is 9.10. The topological polar surface area (TPSA) is 35.5 Å². The zero-order chi connectivity index (χ0) is 15.0. The Morgan fingerprint density at radius 1 is 1.25 bits per heavy atom. The van der Waals surface area contributed by atoms with Crippen molar-refractivity contribution >= 4 is 21.6 Å². The molecule has 1 rings (SSSR count). The quantitative estimate of drug-likeness (QED) is 0.673. The fourth-order valence-corrected chi connectivity index (χ4v) is 2.55. The molecule has 3 nitrogen and oxygen atoms in total. The number of hydrogen-bond donors (Lipinski definition) is 2. The van der Waals surface area contributed by atoms with Crippen LogP contribution in [-0.4, -0.2) is 31.3 Å². The van der Waals surface area contributed by atoms with E-state index in [0.29, 0.717) is 12.6 Å². The third-order valence-corrected chi connectivity index (χ3v) is 3.80. The minimum absolute atomic E-state index is 0.297. The van der Waals surface area contributed by atoms with Crippen LogP contribution < -0.4 is 10.2 Å². The van der Waals surface area contributed by atoms with Gasteiger partial charge in [-0.05, 0) is 43.0 Å². The average molecular weight is 343 g/mol. The van der Waals surface area contributed by atoms with Crippen LogP contribution in [0, 0.1) is 0 Å². The fourth-order valence-electron chi connectivity index (χ4n) is 2.14. The molecule has 0 atom stereocenters. The van der Waals surface area contributed by atoms with Gasteiger partial charge in [-0.2, -0.15) is 0 Å². The zero-order valence-corrected chi connectivity index (χ0v) is 14.4. The number of aliphatic hydroxyl groups excluding tert-OH is 1. The van der Waals surface area contributed by atoms with Crippen LogP contribution >= 0.6 is 15.9 Å². The van der Waals surface area contributed by atoms with Crippen LogP contribution in [0.1, 0.15) is 38.7 Å². The van der Waals surface area contributed by atoms with E-state index >= 15 is 0 Å². The average Bonchev–Trinajstić information content (AvgIpc) is 2.41. The van der Waals surface area contributed by atoms with Gasteiger partial charge in [-0.15, -0.1) is 0 Å². The van der Waals surface area contributed by atoms with Crippen molar-refractivity contribution in [1.29, 1.82) is 0 Å². The first-order valence-electron chi connectivity index (χ1n) is 7.38. The molecule has 114 valence electrons. The van der Waals surface area contributed by atoms with Crippen LogP contribution in [0.3, 0.4) is 0 Å². The second-order valence-corrected chi connectivity index (χ2v) is 6.43. The highest BCUT2D eigenvalue weighted by Gasteiger charge is 2.08. The number of benzene rings is 1. The Kier molecular flexibility index (Phi) is 8.19. The number of anilines is 1. The Bertz CT molecular complexity index is 396. The largest absolute Gasteiger partial charge is 0.396 e. The molecule has 0 spiro atoms. The fraction of sp³-hybridized carbons (Fsp3) is 0.625. The van der Waals surface area contributed by atoms with Crippen molar-refractivity contribution in [3.8, 4) is 0 Å². The SMILES string of the molecule is CC(C)NCc1cc(Br)ccc1N(C)CCCCCO. The molecule has 0 aliphatic heterocycles. The molecule has 0 saturated heterocycles. The van der Waals surface area contributed by atoms with Crippen molar-refractivity contribution < 1.29 is 5.11 Å². The van der Waals surface area contributed by atoms with Gasteiger partial charge in [0.1, 0.15) is 0 Å². The van der Waals surface area contributed by atoms with Crippen LogP contribution in [0.25, 0.3) is 0 Å². The van der Waals surface area contributed by atoms with Crippen LogP contribution in [0.15, 0.2) is 22.7 Å². The standard InChI is InChI=1S/C16H27BrN2O/c1-13(2)18-12-14-11-15(17)7-8-16(14)19(3)9-5-4-6-10-20/h7-8,11,13,18,20H,4-6,9-10,12H2,1-3H3. The Hall–Kier alpha value is -0.580. The molecule has 2 N–H and O–H groups in total. The highest BCUT2D eigenvalue weighted by Crippen LogP contribution is 2.24. The van der Waals surface area contributed by atoms with Crippen LogP contribution in [0.5, 0.6) is 0 Å². The molecule has 0 fully saturated rings. The molecule has 0 heterocycles. The summed E-state index contributed by atoms with van der Waals surface area (Å²) in [6.45, 7) is 6.53. The molecule has 1 aromatic rings. The van der Waals surface area contributed by atoms with Gasteiger partial charge >= 0.3 is 0 Å². The Morgan fingerprint density at radius 2 is 2.00 bits per heavy atom. The monoisotopic (exact) mass is 342 g/mol. The number of nitrogens with one attached hydrogen (secondary N) is 1. The smallest absolute Gasteiger partial charge is 0.0431 e. The van der Waals surface area contributed by atoms with E-state index in [-0.39, 0.29) is 0 Å². The van der Waals surface area contributed by atoms with Crippen LogP contribution in [0.2, 0.25) is 0 Å². The minimum atomic E-state index is 0.297. The lowest BCUT2D eigenvalue weighted by Gasteiger charge is -2.23. The molecule has 0 saturated carbocycles. The van der Waals surface area contributed by atoms with Crippen LogP contribution in [0.4, 0.5) is 5.69 Å². The van der Waals surface area contributed by atoms with E-state index in [1.54, 1.807) is 0 Å². The van der Waals surface area contributed by atoms with Gasteiger partial charge in [0.05, 0.1) is 0 Å². The molecule has 4 heteroatoms. The normalized spacial score (nSPS) is 11.1. The van der Waals surface area contributed by atoms with Gasteiger partial charge < -0.3 is 15.3 Å². The van der Waals surface area contributed by atoms with Crippen molar-refractivity contribution in [2.45, 2.75) is 45.7 Å². The van der Waals surface area contributed by atoms with E-state index in [1.807, 2.05) is 0 Å². The van der Waals surface area contributed by atoms with E-state index in [1.165, 1.54) is 11.3 Å². The van der Waals surface area contributed by atoms with Crippen molar-refractivity contribution in [3.63, 3.8) is 0 Å². The number of halogens is 1. The molecule has 0 aliphatic rings. The summed E-state index contributed by atoms with van der Waals surface area (Å²) in [6, 6.07) is 6.94. The highest BCUT2D eigenvalue weighted by atomic mass is 79.9. The van der Waals surface area contributed by atoms with E-state index in [9.17, 15) is 0 Å². The predicted octanol–water partition coefficient (Wildman–Crippen LogP) is 3.55. The summed E-state index contributed by atoms with van der Waals surface area (Å²) in [4.78, 5) is 2.31. The number of nitrogens with zero attached hydrogens (tertiary/aromatic N) is 1. The van der Waals surface area contributed by atoms with Gasteiger partial charge in [0.2, 0.25) is 0 Å². The maximum Gasteiger partial charge on any atom is 0.0431 e. The molecule has 0 bridgehead atoms. The van der Waals surface area contributed by atoms with E-state index < -0.39 is 0 Å². The first kappa shape index (κ1) is 17.5. The van der Waals surface area contributed by atoms with Crippen molar-refractivity contribution in [2.75, 3.05) is 25.1 Å². The van der Waals surface area contributed by atoms with Crippen molar-refractivity contribution in [3.05, 3.63) is 28.2 Å². The molecular formula is C16H27BrN2O. The lowest BCUT2D eigenvalue weighted by atomic mass is 10.1. The Balaban J connectivity index is 2.66. The van der Waals surface area contributed by atoms with Crippen molar-refractivity contribution in [2.24, 2.45) is 0 Å². The Labute approximate surface area is 131 Å². The maximum atomic E-state index is 8.82. The predicted molar refractivity (Wildman–Crippen MR) is 90.3 cm³/mol. The maximum absolute atomic E-state index is 8.82. The lowest BCUT2D eigenvalue weighted by Crippen LogP contribution is -2.25. The van der Waals surface area contributed by atoms with Gasteiger partial charge in [-0.1, -0.05) is 29.8 Å². The van der Waals surface area contributed by atoms with Crippen molar-refractivity contribution in [1.82, 2.24) is 5.32 Å².